The molecule has 0 saturated carbocycles. The van der Waals surface area contributed by atoms with Gasteiger partial charge in [0.25, 0.3) is 0 Å². The molecule has 42 heavy (non-hydrogen) atoms. The Morgan fingerprint density at radius 3 is 0.952 bits per heavy atom. The average Bonchev–Trinajstić information content (AvgIpc) is 3.08. The SMILES string of the molecule is OC(c1ccccc1)C(c1ccccc1)N1CCOCC1.O[C@@H](c1ccccc1)[C@@H](c1ccccc1)N1CCOCC1. The van der Waals surface area contributed by atoms with E-state index in [0.717, 1.165) is 74.9 Å². The smallest absolute Gasteiger partial charge is 0.0986 e. The summed E-state index contributed by atoms with van der Waals surface area (Å²) in [5.41, 5.74) is 4.21. The van der Waals surface area contributed by atoms with Gasteiger partial charge in [-0.3, -0.25) is 9.80 Å². The van der Waals surface area contributed by atoms with Crippen molar-refractivity contribution in [1.82, 2.24) is 9.80 Å². The van der Waals surface area contributed by atoms with Crippen LogP contribution in [0.2, 0.25) is 0 Å². The van der Waals surface area contributed by atoms with Crippen LogP contribution >= 0.6 is 0 Å². The number of aliphatic hydroxyl groups excluding tert-OH is 2. The third kappa shape index (κ3) is 7.92. The van der Waals surface area contributed by atoms with E-state index in [1.165, 1.54) is 0 Å². The molecule has 220 valence electrons. The minimum Gasteiger partial charge on any atom is -0.386 e. The highest BCUT2D eigenvalue weighted by Gasteiger charge is 2.31. The van der Waals surface area contributed by atoms with E-state index in [1.54, 1.807) is 0 Å². The molecule has 6 rings (SSSR count). The number of ether oxygens (including phenoxy) is 2. The van der Waals surface area contributed by atoms with Crippen LogP contribution in [0.5, 0.6) is 0 Å². The second-order valence-corrected chi connectivity index (χ2v) is 10.7. The summed E-state index contributed by atoms with van der Waals surface area (Å²) in [6.07, 6.45) is -1.07. The van der Waals surface area contributed by atoms with Gasteiger partial charge < -0.3 is 19.7 Å². The molecule has 4 aromatic carbocycles. The van der Waals surface area contributed by atoms with Crippen molar-refractivity contribution < 1.29 is 19.7 Å². The second-order valence-electron chi connectivity index (χ2n) is 10.7. The van der Waals surface area contributed by atoms with E-state index in [1.807, 2.05) is 97.1 Å². The van der Waals surface area contributed by atoms with E-state index in [4.69, 9.17) is 9.47 Å². The van der Waals surface area contributed by atoms with Crippen molar-refractivity contribution in [2.45, 2.75) is 24.3 Å². The molecular weight excluding hydrogens is 524 g/mol. The van der Waals surface area contributed by atoms with E-state index in [9.17, 15) is 10.2 Å². The highest BCUT2D eigenvalue weighted by atomic mass is 16.5. The molecule has 4 aromatic rings. The summed E-state index contributed by atoms with van der Waals surface area (Å²) in [4.78, 5) is 4.63. The summed E-state index contributed by atoms with van der Waals surface area (Å²) < 4.78 is 10.9. The fraction of sp³-hybridized carbons (Fsp3) is 0.333. The van der Waals surface area contributed by atoms with E-state index in [2.05, 4.69) is 34.1 Å². The Bertz CT molecular complexity index is 1180. The molecule has 4 atom stereocenters. The Morgan fingerprint density at radius 1 is 0.405 bits per heavy atom. The van der Waals surface area contributed by atoms with Crippen LogP contribution in [-0.2, 0) is 9.47 Å². The molecule has 2 unspecified atom stereocenters. The first-order valence-corrected chi connectivity index (χ1v) is 14.9. The third-order valence-corrected chi connectivity index (χ3v) is 8.04. The summed E-state index contributed by atoms with van der Waals surface area (Å²) in [6.45, 7) is 6.31. The Morgan fingerprint density at radius 2 is 0.667 bits per heavy atom. The van der Waals surface area contributed by atoms with E-state index >= 15 is 0 Å². The van der Waals surface area contributed by atoms with Crippen molar-refractivity contribution in [2.75, 3.05) is 52.6 Å². The number of morpholine rings is 2. The molecular formula is C36H42N2O4. The van der Waals surface area contributed by atoms with E-state index in [-0.39, 0.29) is 12.1 Å². The van der Waals surface area contributed by atoms with Gasteiger partial charge in [0.1, 0.15) is 0 Å². The molecule has 2 aliphatic rings. The molecule has 0 radical (unpaired) electrons. The zero-order valence-corrected chi connectivity index (χ0v) is 24.1. The molecule has 6 heteroatoms. The molecule has 2 saturated heterocycles. The van der Waals surface area contributed by atoms with E-state index in [0.29, 0.717) is 0 Å². The van der Waals surface area contributed by atoms with Crippen LogP contribution in [0.1, 0.15) is 46.5 Å². The van der Waals surface area contributed by atoms with Gasteiger partial charge in [0.15, 0.2) is 0 Å². The fourth-order valence-electron chi connectivity index (χ4n) is 5.86. The van der Waals surface area contributed by atoms with E-state index < -0.39 is 12.2 Å². The standard InChI is InChI=1S/2C18H21NO2/c2*20-18(16-9-5-2-6-10-16)17(15-7-3-1-4-8-15)19-11-13-21-14-12-19/h2*1-10,17-18,20H,11-14H2/t17-,18+;/m1./s1. The topological polar surface area (TPSA) is 65.4 Å². The molecule has 2 N–H and O–H groups in total. The second kappa shape index (κ2) is 15.8. The maximum absolute atomic E-state index is 10.9. The summed E-state index contributed by atoms with van der Waals surface area (Å²) in [7, 11) is 0. The number of nitrogens with zero attached hydrogens (tertiary/aromatic N) is 2. The first kappa shape index (κ1) is 30.1. The molecule has 0 bridgehead atoms. The summed E-state index contributed by atoms with van der Waals surface area (Å²) in [6, 6.07) is 40.2. The minimum atomic E-state index is -0.535. The lowest BCUT2D eigenvalue weighted by atomic mass is 9.94. The van der Waals surface area contributed by atoms with Crippen LogP contribution in [0.4, 0.5) is 0 Å². The van der Waals surface area contributed by atoms with Gasteiger partial charge in [0.05, 0.1) is 50.7 Å². The summed E-state index contributed by atoms with van der Waals surface area (Å²) in [5, 5.41) is 21.8. The lowest BCUT2D eigenvalue weighted by molar-refractivity contribution is -0.0240. The van der Waals surface area contributed by atoms with Crippen molar-refractivity contribution in [2.24, 2.45) is 0 Å². The van der Waals surface area contributed by atoms with Crippen molar-refractivity contribution in [1.29, 1.82) is 0 Å². The van der Waals surface area contributed by atoms with Gasteiger partial charge in [-0.05, 0) is 22.3 Å². The quantitative estimate of drug-likeness (QED) is 0.290. The molecule has 0 amide bonds. The Hall–Kier alpha value is -3.36. The Kier molecular flexibility index (Phi) is 11.3. The average molecular weight is 567 g/mol. The normalized spacial score (nSPS) is 19.1. The molecule has 2 fully saturated rings. The van der Waals surface area contributed by atoms with Crippen molar-refractivity contribution in [3.63, 3.8) is 0 Å². The van der Waals surface area contributed by atoms with Crippen LogP contribution in [-0.4, -0.2) is 72.6 Å². The van der Waals surface area contributed by atoms with Gasteiger partial charge in [0.2, 0.25) is 0 Å². The van der Waals surface area contributed by atoms with Crippen LogP contribution in [0.15, 0.2) is 121 Å². The first-order chi connectivity index (χ1) is 20.7. The maximum atomic E-state index is 10.9. The van der Waals surface area contributed by atoms with Crippen molar-refractivity contribution in [3.8, 4) is 0 Å². The molecule has 0 aromatic heterocycles. The van der Waals surface area contributed by atoms with Crippen LogP contribution in [0.25, 0.3) is 0 Å². The Balaban J connectivity index is 0.000000168. The first-order valence-electron chi connectivity index (χ1n) is 14.9. The lowest BCUT2D eigenvalue weighted by Crippen LogP contribution is -2.41. The van der Waals surface area contributed by atoms with Crippen molar-refractivity contribution in [3.05, 3.63) is 144 Å². The molecule has 2 aliphatic heterocycles. The predicted octanol–water partition coefficient (Wildman–Crippen LogP) is 5.59. The summed E-state index contributed by atoms with van der Waals surface area (Å²) in [5.74, 6) is 0. The third-order valence-electron chi connectivity index (χ3n) is 8.04. The molecule has 0 spiro atoms. The zero-order chi connectivity index (χ0) is 29.0. The minimum absolute atomic E-state index is 0.0301. The van der Waals surface area contributed by atoms with Gasteiger partial charge in [-0.2, -0.15) is 0 Å². The van der Waals surface area contributed by atoms with Crippen molar-refractivity contribution >= 4 is 0 Å². The summed E-state index contributed by atoms with van der Waals surface area (Å²) >= 11 is 0. The fourth-order valence-corrected chi connectivity index (χ4v) is 5.86. The van der Waals surface area contributed by atoms with Crippen LogP contribution < -0.4 is 0 Å². The lowest BCUT2D eigenvalue weighted by Gasteiger charge is -2.37. The monoisotopic (exact) mass is 566 g/mol. The molecule has 2 heterocycles. The highest BCUT2D eigenvalue weighted by molar-refractivity contribution is 5.28. The zero-order valence-electron chi connectivity index (χ0n) is 24.1. The van der Waals surface area contributed by atoms with Gasteiger partial charge in [-0.1, -0.05) is 121 Å². The highest BCUT2D eigenvalue weighted by Crippen LogP contribution is 2.35. The predicted molar refractivity (Wildman–Crippen MR) is 166 cm³/mol. The number of aliphatic hydroxyl groups is 2. The number of hydrogen-bond donors (Lipinski definition) is 2. The maximum Gasteiger partial charge on any atom is 0.0986 e. The number of benzene rings is 4. The number of hydrogen-bond acceptors (Lipinski definition) is 6. The molecule has 6 nitrogen and oxygen atoms in total. The van der Waals surface area contributed by atoms with Crippen LogP contribution in [0.3, 0.4) is 0 Å². The van der Waals surface area contributed by atoms with Gasteiger partial charge >= 0.3 is 0 Å². The number of rotatable bonds is 8. The van der Waals surface area contributed by atoms with Gasteiger partial charge in [-0.15, -0.1) is 0 Å². The van der Waals surface area contributed by atoms with Gasteiger partial charge in [0, 0.05) is 26.2 Å². The molecule has 0 aliphatic carbocycles. The largest absolute Gasteiger partial charge is 0.386 e. The van der Waals surface area contributed by atoms with Gasteiger partial charge in [-0.25, -0.2) is 0 Å². The van der Waals surface area contributed by atoms with Crippen LogP contribution in [0, 0.1) is 0 Å². The Labute approximate surface area is 249 Å².